The average Bonchev–Trinajstić information content (AvgIpc) is 3.21. The monoisotopic (exact) mass is 407 g/mol. The van der Waals surface area contributed by atoms with Gasteiger partial charge in [-0.1, -0.05) is 24.3 Å². The highest BCUT2D eigenvalue weighted by atomic mass is 32.2. The van der Waals surface area contributed by atoms with Crippen molar-refractivity contribution in [2.24, 2.45) is 0 Å². The van der Waals surface area contributed by atoms with Gasteiger partial charge in [0.2, 0.25) is 6.79 Å². The number of hydrogen-bond acceptors (Lipinski definition) is 5. The predicted molar refractivity (Wildman–Crippen MR) is 113 cm³/mol. The average molecular weight is 407 g/mol. The minimum Gasteiger partial charge on any atom is -0.454 e. The number of pyridine rings is 1. The summed E-state index contributed by atoms with van der Waals surface area (Å²) >= 11 is 1.66. The van der Waals surface area contributed by atoms with Crippen LogP contribution in [0, 0.1) is 0 Å². The summed E-state index contributed by atoms with van der Waals surface area (Å²) in [6, 6.07) is 19.3. The van der Waals surface area contributed by atoms with Crippen LogP contribution in [0.3, 0.4) is 0 Å². The molecule has 0 bridgehead atoms. The van der Waals surface area contributed by atoms with Crippen molar-refractivity contribution >= 4 is 23.5 Å². The maximum Gasteiger partial charge on any atom is 0.321 e. The van der Waals surface area contributed by atoms with E-state index in [0.29, 0.717) is 6.54 Å². The molecule has 4 rings (SSSR count). The molecule has 0 aliphatic carbocycles. The van der Waals surface area contributed by atoms with Crippen molar-refractivity contribution in [2.75, 3.05) is 19.2 Å². The van der Waals surface area contributed by atoms with Crippen molar-refractivity contribution in [2.45, 2.75) is 17.3 Å². The van der Waals surface area contributed by atoms with E-state index in [1.54, 1.807) is 29.9 Å². The van der Waals surface area contributed by atoms with Crippen LogP contribution in [-0.2, 0) is 12.3 Å². The summed E-state index contributed by atoms with van der Waals surface area (Å²) in [4.78, 5) is 18.5. The Labute approximate surface area is 173 Å². The maximum atomic E-state index is 12.6. The SMILES string of the molecule is CN(Cc1ccc2c(c1)OCO2)C(=O)Nc1cccc(CSc2ccccn2)c1. The molecule has 7 heteroatoms. The van der Waals surface area contributed by atoms with E-state index in [4.69, 9.17) is 9.47 Å². The molecule has 1 aromatic heterocycles. The Balaban J connectivity index is 1.34. The molecular weight excluding hydrogens is 386 g/mol. The van der Waals surface area contributed by atoms with Gasteiger partial charge in [0.05, 0.1) is 5.03 Å². The van der Waals surface area contributed by atoms with Gasteiger partial charge in [0.15, 0.2) is 11.5 Å². The molecule has 2 heterocycles. The van der Waals surface area contributed by atoms with Crippen molar-refractivity contribution in [3.63, 3.8) is 0 Å². The lowest BCUT2D eigenvalue weighted by Gasteiger charge is -2.18. The van der Waals surface area contributed by atoms with Gasteiger partial charge in [-0.05, 0) is 47.5 Å². The number of carbonyl (C=O) groups is 1. The molecule has 0 radical (unpaired) electrons. The van der Waals surface area contributed by atoms with E-state index < -0.39 is 0 Å². The second kappa shape index (κ2) is 8.87. The van der Waals surface area contributed by atoms with Gasteiger partial charge in [-0.15, -0.1) is 11.8 Å². The van der Waals surface area contributed by atoms with E-state index in [1.807, 2.05) is 60.7 Å². The fourth-order valence-corrected chi connectivity index (χ4v) is 3.74. The normalized spacial score (nSPS) is 11.9. The molecule has 3 aromatic rings. The van der Waals surface area contributed by atoms with Crippen LogP contribution in [0.25, 0.3) is 0 Å². The van der Waals surface area contributed by atoms with E-state index in [0.717, 1.165) is 39.1 Å². The second-order valence-corrected chi connectivity index (χ2v) is 7.63. The Morgan fingerprint density at radius 3 is 2.83 bits per heavy atom. The van der Waals surface area contributed by atoms with Gasteiger partial charge < -0.3 is 19.7 Å². The highest BCUT2D eigenvalue weighted by Crippen LogP contribution is 2.32. The number of thioether (sulfide) groups is 1. The van der Waals surface area contributed by atoms with E-state index in [-0.39, 0.29) is 12.8 Å². The highest BCUT2D eigenvalue weighted by Gasteiger charge is 2.15. The van der Waals surface area contributed by atoms with Crippen LogP contribution in [0.15, 0.2) is 71.9 Å². The van der Waals surface area contributed by atoms with E-state index in [2.05, 4.69) is 10.3 Å². The molecule has 0 unspecified atom stereocenters. The number of benzene rings is 2. The van der Waals surface area contributed by atoms with Gasteiger partial charge in [-0.2, -0.15) is 0 Å². The third-order valence-electron chi connectivity index (χ3n) is 4.41. The molecule has 29 heavy (non-hydrogen) atoms. The Bertz CT molecular complexity index is 998. The van der Waals surface area contributed by atoms with Gasteiger partial charge in [0.25, 0.3) is 0 Å². The second-order valence-electron chi connectivity index (χ2n) is 6.63. The van der Waals surface area contributed by atoms with E-state index in [1.165, 1.54) is 0 Å². The minimum atomic E-state index is -0.169. The molecule has 0 fully saturated rings. The zero-order valence-corrected chi connectivity index (χ0v) is 16.8. The molecular formula is C22H21N3O3S. The number of urea groups is 1. The Kier molecular flexibility index (Phi) is 5.86. The third-order valence-corrected chi connectivity index (χ3v) is 5.42. The van der Waals surface area contributed by atoms with Crippen LogP contribution in [0.2, 0.25) is 0 Å². The molecule has 1 N–H and O–H groups in total. The van der Waals surface area contributed by atoms with Crippen molar-refractivity contribution < 1.29 is 14.3 Å². The number of hydrogen-bond donors (Lipinski definition) is 1. The number of rotatable bonds is 6. The molecule has 0 saturated carbocycles. The van der Waals surface area contributed by atoms with Crippen LogP contribution in [0.4, 0.5) is 10.5 Å². The molecule has 0 atom stereocenters. The number of carbonyl (C=O) groups excluding carboxylic acids is 1. The number of amides is 2. The quantitative estimate of drug-likeness (QED) is 0.597. The first-order chi connectivity index (χ1) is 14.2. The van der Waals surface area contributed by atoms with Crippen molar-refractivity contribution in [1.29, 1.82) is 0 Å². The molecule has 2 aromatic carbocycles. The summed E-state index contributed by atoms with van der Waals surface area (Å²) < 4.78 is 10.7. The molecule has 1 aliphatic heterocycles. The van der Waals surface area contributed by atoms with Crippen molar-refractivity contribution in [3.8, 4) is 11.5 Å². The molecule has 0 spiro atoms. The number of anilines is 1. The van der Waals surface area contributed by atoms with Crippen LogP contribution in [-0.4, -0.2) is 29.8 Å². The van der Waals surface area contributed by atoms with Crippen molar-refractivity contribution in [3.05, 3.63) is 78.0 Å². The lowest BCUT2D eigenvalue weighted by Crippen LogP contribution is -2.30. The van der Waals surface area contributed by atoms with E-state index in [9.17, 15) is 4.79 Å². The van der Waals surface area contributed by atoms with Gasteiger partial charge in [-0.25, -0.2) is 9.78 Å². The molecule has 2 amide bonds. The van der Waals surface area contributed by atoms with Crippen LogP contribution >= 0.6 is 11.8 Å². The number of ether oxygens (including phenoxy) is 2. The minimum absolute atomic E-state index is 0.169. The Morgan fingerprint density at radius 1 is 1.07 bits per heavy atom. The summed E-state index contributed by atoms with van der Waals surface area (Å²) in [6.45, 7) is 0.710. The Hall–Kier alpha value is -3.19. The predicted octanol–water partition coefficient (Wildman–Crippen LogP) is 4.77. The van der Waals surface area contributed by atoms with Crippen LogP contribution in [0.1, 0.15) is 11.1 Å². The first-order valence-electron chi connectivity index (χ1n) is 9.21. The first-order valence-corrected chi connectivity index (χ1v) is 10.2. The van der Waals surface area contributed by atoms with Gasteiger partial charge in [0.1, 0.15) is 0 Å². The summed E-state index contributed by atoms with van der Waals surface area (Å²) in [5, 5.41) is 3.94. The standard InChI is InChI=1S/C22H21N3O3S/c1-25(13-16-8-9-19-20(12-16)28-15-27-19)22(26)24-18-6-4-5-17(11-18)14-29-21-7-2-3-10-23-21/h2-12H,13-15H2,1H3,(H,24,26). The van der Waals surface area contributed by atoms with E-state index >= 15 is 0 Å². The maximum absolute atomic E-state index is 12.6. The molecule has 6 nitrogen and oxygen atoms in total. The number of nitrogens with zero attached hydrogens (tertiary/aromatic N) is 2. The largest absolute Gasteiger partial charge is 0.454 e. The molecule has 0 saturated heterocycles. The van der Waals surface area contributed by atoms with Crippen LogP contribution in [0.5, 0.6) is 11.5 Å². The highest BCUT2D eigenvalue weighted by molar-refractivity contribution is 7.98. The number of nitrogens with one attached hydrogen (secondary N) is 1. The summed E-state index contributed by atoms with van der Waals surface area (Å²) in [5.41, 5.74) is 2.87. The summed E-state index contributed by atoms with van der Waals surface area (Å²) in [7, 11) is 1.76. The number of fused-ring (bicyclic) bond motifs is 1. The van der Waals surface area contributed by atoms with Gasteiger partial charge in [0, 0.05) is 31.2 Å². The fraction of sp³-hybridized carbons (Fsp3) is 0.182. The summed E-state index contributed by atoms with van der Waals surface area (Å²) in [5.74, 6) is 2.24. The lowest BCUT2D eigenvalue weighted by molar-refractivity contribution is 0.174. The fourth-order valence-electron chi connectivity index (χ4n) is 2.93. The topological polar surface area (TPSA) is 63.7 Å². The Morgan fingerprint density at radius 2 is 1.97 bits per heavy atom. The first kappa shape index (κ1) is 19.1. The zero-order valence-electron chi connectivity index (χ0n) is 16.0. The van der Waals surface area contributed by atoms with Gasteiger partial charge in [-0.3, -0.25) is 0 Å². The molecule has 1 aliphatic rings. The van der Waals surface area contributed by atoms with Crippen LogP contribution < -0.4 is 14.8 Å². The lowest BCUT2D eigenvalue weighted by atomic mass is 10.2. The molecule has 148 valence electrons. The summed E-state index contributed by atoms with van der Waals surface area (Å²) in [6.07, 6.45) is 1.79. The zero-order chi connectivity index (χ0) is 20.1. The van der Waals surface area contributed by atoms with Gasteiger partial charge >= 0.3 is 6.03 Å². The van der Waals surface area contributed by atoms with Crippen molar-refractivity contribution in [1.82, 2.24) is 9.88 Å². The third kappa shape index (κ3) is 5.00. The smallest absolute Gasteiger partial charge is 0.321 e. The number of aromatic nitrogens is 1.